The van der Waals surface area contributed by atoms with Crippen molar-refractivity contribution in [2.75, 3.05) is 44.1 Å². The van der Waals surface area contributed by atoms with Crippen LogP contribution < -0.4 is 15.8 Å². The molecule has 4 rings (SSSR count). The lowest BCUT2D eigenvalue weighted by molar-refractivity contribution is -0.194. The number of nitrogen functional groups attached to an aromatic ring is 1. The summed E-state index contributed by atoms with van der Waals surface area (Å²) in [4.78, 5) is 21.7. The van der Waals surface area contributed by atoms with E-state index in [1.165, 1.54) is 25.6 Å². The van der Waals surface area contributed by atoms with Crippen LogP contribution in [0.3, 0.4) is 0 Å². The number of aryl methyl sites for hydroxylation is 1. The van der Waals surface area contributed by atoms with Crippen molar-refractivity contribution in [3.8, 4) is 17.3 Å². The number of piperazine rings is 1. The number of rotatable bonds is 7. The smallest absolute Gasteiger partial charge is 0.405 e. The second-order valence-electron chi connectivity index (χ2n) is 8.79. The molecule has 39 heavy (non-hydrogen) atoms. The number of halogens is 4. The molecule has 1 saturated heterocycles. The fourth-order valence-electron chi connectivity index (χ4n) is 4.10. The quantitative estimate of drug-likeness (QED) is 0.401. The number of hydrogen-bond acceptors (Lipinski definition) is 11. The Bertz CT molecular complexity index is 1450. The molecule has 0 spiro atoms. The minimum Gasteiger partial charge on any atom is -0.479 e. The van der Waals surface area contributed by atoms with Crippen molar-refractivity contribution >= 4 is 27.5 Å². The van der Waals surface area contributed by atoms with Gasteiger partial charge >= 0.3 is 6.18 Å². The van der Waals surface area contributed by atoms with Crippen LogP contribution in [0.25, 0.3) is 11.4 Å². The van der Waals surface area contributed by atoms with E-state index in [0.717, 1.165) is 21.5 Å². The van der Waals surface area contributed by atoms with Crippen molar-refractivity contribution in [3.63, 3.8) is 0 Å². The first-order chi connectivity index (χ1) is 18.2. The molecule has 3 aromatic heterocycles. The number of nitrogens with zero attached hydrogens (tertiary/aromatic N) is 7. The number of sulfonamides is 1. The largest absolute Gasteiger partial charge is 0.479 e. The zero-order valence-corrected chi connectivity index (χ0v) is 21.9. The predicted octanol–water partition coefficient (Wildman–Crippen LogP) is 2.12. The zero-order valence-electron chi connectivity index (χ0n) is 21.1. The first-order valence-electron chi connectivity index (χ1n) is 11.4. The molecule has 4 heterocycles. The molecule has 1 aliphatic rings. The Labute approximate surface area is 221 Å². The Morgan fingerprint density at radius 3 is 2.51 bits per heavy atom. The van der Waals surface area contributed by atoms with Gasteiger partial charge in [-0.1, -0.05) is 0 Å². The highest BCUT2D eigenvalue weighted by molar-refractivity contribution is 7.88. The Morgan fingerprint density at radius 2 is 1.90 bits per heavy atom. The van der Waals surface area contributed by atoms with Crippen LogP contribution in [0.2, 0.25) is 0 Å². The molecule has 0 bridgehead atoms. The van der Waals surface area contributed by atoms with Crippen molar-refractivity contribution in [3.05, 3.63) is 41.7 Å². The van der Waals surface area contributed by atoms with Crippen LogP contribution in [0, 0.1) is 12.7 Å². The number of methoxy groups -OCH3 is 1. The molecule has 0 unspecified atom stereocenters. The number of pyridine rings is 2. The molecule has 3 N–H and O–H groups in total. The van der Waals surface area contributed by atoms with Gasteiger partial charge in [-0.15, -0.1) is 0 Å². The number of alkyl halides is 3. The molecular weight excluding hydrogens is 546 g/mol. The maximum Gasteiger partial charge on any atom is 0.405 e. The van der Waals surface area contributed by atoms with E-state index < -0.39 is 34.6 Å². The molecule has 3 aromatic rings. The van der Waals surface area contributed by atoms with Gasteiger partial charge in [0.05, 0.1) is 30.8 Å². The van der Waals surface area contributed by atoms with Gasteiger partial charge in [0.15, 0.2) is 11.6 Å². The van der Waals surface area contributed by atoms with Gasteiger partial charge in [0.1, 0.15) is 17.7 Å². The van der Waals surface area contributed by atoms with E-state index in [1.54, 1.807) is 6.92 Å². The minimum atomic E-state index is -4.67. The van der Waals surface area contributed by atoms with Crippen molar-refractivity contribution in [2.24, 2.45) is 0 Å². The second-order valence-corrected chi connectivity index (χ2v) is 10.8. The Morgan fingerprint density at radius 1 is 1.15 bits per heavy atom. The summed E-state index contributed by atoms with van der Waals surface area (Å²) in [5, 5.41) is 2.91. The highest BCUT2D eigenvalue weighted by Gasteiger charge is 2.47. The summed E-state index contributed by atoms with van der Waals surface area (Å²) in [5.74, 6) is -0.481. The molecule has 0 aliphatic carbocycles. The normalized spacial score (nSPS) is 17.3. The Balaban J connectivity index is 1.70. The van der Waals surface area contributed by atoms with Crippen molar-refractivity contribution in [2.45, 2.75) is 25.7 Å². The third kappa shape index (κ3) is 6.66. The topological polar surface area (TPSA) is 152 Å². The van der Waals surface area contributed by atoms with Gasteiger partial charge in [-0.2, -0.15) is 27.4 Å². The summed E-state index contributed by atoms with van der Waals surface area (Å²) >= 11 is 0. The third-order valence-electron chi connectivity index (χ3n) is 5.90. The van der Waals surface area contributed by atoms with E-state index in [2.05, 4.69) is 30.2 Å². The van der Waals surface area contributed by atoms with Crippen LogP contribution in [0.1, 0.15) is 11.4 Å². The molecular formula is C22H25F4N9O3S. The number of hydrogen-bond donors (Lipinski definition) is 2. The van der Waals surface area contributed by atoms with E-state index in [9.17, 15) is 26.0 Å². The van der Waals surface area contributed by atoms with E-state index in [4.69, 9.17) is 10.5 Å². The van der Waals surface area contributed by atoms with E-state index in [1.807, 2.05) is 0 Å². The van der Waals surface area contributed by atoms with E-state index >= 15 is 0 Å². The van der Waals surface area contributed by atoms with Crippen molar-refractivity contribution in [1.29, 1.82) is 0 Å². The molecule has 1 aliphatic heterocycles. The predicted molar refractivity (Wildman–Crippen MR) is 133 cm³/mol. The molecule has 12 nitrogen and oxygen atoms in total. The Kier molecular flexibility index (Phi) is 7.85. The number of nitrogens with one attached hydrogen (secondary N) is 1. The van der Waals surface area contributed by atoms with Gasteiger partial charge in [-0.3, -0.25) is 4.90 Å². The monoisotopic (exact) mass is 571 g/mol. The molecule has 1 atom stereocenters. The highest BCUT2D eigenvalue weighted by Crippen LogP contribution is 2.32. The molecule has 1 fully saturated rings. The van der Waals surface area contributed by atoms with E-state index in [0.29, 0.717) is 11.4 Å². The maximum absolute atomic E-state index is 14.2. The van der Waals surface area contributed by atoms with Crippen LogP contribution >= 0.6 is 0 Å². The maximum atomic E-state index is 14.2. The van der Waals surface area contributed by atoms with Crippen LogP contribution in [0.5, 0.6) is 5.88 Å². The number of anilines is 3. The minimum absolute atomic E-state index is 0.0833. The molecule has 0 radical (unpaired) electrons. The van der Waals surface area contributed by atoms with E-state index in [-0.39, 0.29) is 54.4 Å². The average molecular weight is 572 g/mol. The van der Waals surface area contributed by atoms with Crippen LogP contribution in [0.15, 0.2) is 24.5 Å². The first kappa shape index (κ1) is 28.3. The van der Waals surface area contributed by atoms with Crippen LogP contribution in [-0.2, 0) is 16.6 Å². The van der Waals surface area contributed by atoms with Gasteiger partial charge in [0.25, 0.3) is 0 Å². The van der Waals surface area contributed by atoms with Crippen molar-refractivity contribution in [1.82, 2.24) is 34.1 Å². The van der Waals surface area contributed by atoms with Gasteiger partial charge in [-0.05, 0) is 18.6 Å². The fraction of sp³-hybridized carbons (Fsp3) is 0.409. The van der Waals surface area contributed by atoms with Crippen LogP contribution in [-0.4, -0.2) is 87.8 Å². The fourth-order valence-corrected chi connectivity index (χ4v) is 4.92. The lowest BCUT2D eigenvalue weighted by Crippen LogP contribution is -2.59. The summed E-state index contributed by atoms with van der Waals surface area (Å²) < 4.78 is 85.3. The summed E-state index contributed by atoms with van der Waals surface area (Å²) in [6, 6.07) is 0.645. The van der Waals surface area contributed by atoms with Gasteiger partial charge in [0.2, 0.25) is 21.9 Å². The SMILES string of the molecule is COc1ncc(Nc2ncc(CN3CCN(S(C)(=O)=O)C[C@H]3C(F)(F)F)cc2-c2nc(C)nc(N)n2)cc1F. The van der Waals surface area contributed by atoms with Gasteiger partial charge in [-0.25, -0.2) is 27.8 Å². The van der Waals surface area contributed by atoms with Crippen molar-refractivity contribution < 1.29 is 30.7 Å². The summed E-state index contributed by atoms with van der Waals surface area (Å²) in [6.07, 6.45) is -1.13. The molecule has 0 aromatic carbocycles. The highest BCUT2D eigenvalue weighted by atomic mass is 32.2. The summed E-state index contributed by atoms with van der Waals surface area (Å²) in [7, 11) is -2.52. The standard InChI is InChI=1S/C22H25F4N9O3S/c1-12-30-19(33-21(27)31-12)15-6-13(8-28-18(15)32-14-7-16(23)20(38-2)29-9-14)10-34-4-5-35(39(3,36)37)11-17(34)22(24,25)26/h6-9,17H,4-5,10-11H2,1-3H3,(H,28,32)(H2,27,30,31,33)/t17-/m0/s1. The molecule has 0 saturated carbocycles. The molecule has 17 heteroatoms. The molecule has 0 amide bonds. The third-order valence-corrected chi connectivity index (χ3v) is 7.17. The average Bonchev–Trinajstić information content (AvgIpc) is 2.83. The number of ether oxygens (including phenoxy) is 1. The number of aromatic nitrogens is 5. The Hall–Kier alpha value is -3.70. The second kappa shape index (κ2) is 10.8. The lowest BCUT2D eigenvalue weighted by atomic mass is 10.1. The lowest BCUT2D eigenvalue weighted by Gasteiger charge is -2.41. The first-order valence-corrected chi connectivity index (χ1v) is 13.3. The van der Waals surface area contributed by atoms with Crippen LogP contribution in [0.4, 0.5) is 35.0 Å². The number of nitrogens with two attached hydrogens (primary N) is 1. The van der Waals surface area contributed by atoms with Gasteiger partial charge in [0, 0.05) is 38.4 Å². The zero-order chi connectivity index (χ0) is 28.5. The molecule has 210 valence electrons. The summed E-state index contributed by atoms with van der Waals surface area (Å²) in [6.45, 7) is 0.428. The van der Waals surface area contributed by atoms with Gasteiger partial charge < -0.3 is 15.8 Å². The summed E-state index contributed by atoms with van der Waals surface area (Å²) in [5.41, 5.74) is 6.63.